The lowest BCUT2D eigenvalue weighted by Gasteiger charge is -2.33. The molecule has 1 fully saturated rings. The van der Waals surface area contributed by atoms with E-state index in [0.717, 1.165) is 36.9 Å². The average molecular weight is 405 g/mol. The fourth-order valence-electron chi connectivity index (χ4n) is 2.68. The molecule has 1 amide bonds. The molecule has 3 N–H and O–H groups in total. The molecule has 0 aromatic heterocycles. The molecule has 1 saturated heterocycles. The molecule has 0 aliphatic carbocycles. The smallest absolute Gasteiger partial charge is 0.237 e. The lowest BCUT2D eigenvalue weighted by Crippen LogP contribution is -2.51. The summed E-state index contributed by atoms with van der Waals surface area (Å²) in [5, 5.41) is 3.10. The molecule has 1 aliphatic heterocycles. The Morgan fingerprint density at radius 2 is 1.87 bits per heavy atom. The van der Waals surface area contributed by atoms with Crippen LogP contribution in [-0.4, -0.2) is 36.0 Å². The van der Waals surface area contributed by atoms with Crippen LogP contribution in [-0.2, 0) is 11.3 Å². The highest BCUT2D eigenvalue weighted by atomic mass is 79.9. The molecular formula is C17H27BrClN3O. The zero-order valence-electron chi connectivity index (χ0n) is 13.8. The summed E-state index contributed by atoms with van der Waals surface area (Å²) in [5.74, 6) is 0.166. The summed E-state index contributed by atoms with van der Waals surface area (Å²) >= 11 is 3.46. The van der Waals surface area contributed by atoms with Crippen molar-refractivity contribution < 1.29 is 4.79 Å². The van der Waals surface area contributed by atoms with Gasteiger partial charge in [0.05, 0.1) is 6.04 Å². The van der Waals surface area contributed by atoms with Gasteiger partial charge in [0.25, 0.3) is 0 Å². The predicted octanol–water partition coefficient (Wildman–Crippen LogP) is 2.93. The number of hydrogen-bond donors (Lipinski definition) is 2. The van der Waals surface area contributed by atoms with Crippen molar-refractivity contribution >= 4 is 34.2 Å². The van der Waals surface area contributed by atoms with Crippen molar-refractivity contribution in [2.75, 3.05) is 13.1 Å². The number of piperidine rings is 1. The summed E-state index contributed by atoms with van der Waals surface area (Å²) < 4.78 is 1.11. The minimum Gasteiger partial charge on any atom is -0.352 e. The molecule has 0 bridgehead atoms. The third-order valence-electron chi connectivity index (χ3n) is 4.27. The summed E-state index contributed by atoms with van der Waals surface area (Å²) in [4.78, 5) is 14.4. The van der Waals surface area contributed by atoms with Gasteiger partial charge in [0.15, 0.2) is 0 Å². The monoisotopic (exact) mass is 403 g/mol. The number of carbonyl (C=O) groups excluding carboxylic acids is 1. The molecule has 1 aliphatic rings. The van der Waals surface area contributed by atoms with E-state index in [1.165, 1.54) is 5.56 Å². The maximum atomic E-state index is 12.0. The van der Waals surface area contributed by atoms with E-state index >= 15 is 0 Å². The number of benzene rings is 1. The molecule has 1 heterocycles. The maximum Gasteiger partial charge on any atom is 0.237 e. The molecule has 0 unspecified atom stereocenters. The van der Waals surface area contributed by atoms with Crippen molar-refractivity contribution in [1.29, 1.82) is 0 Å². The van der Waals surface area contributed by atoms with Gasteiger partial charge in [-0.25, -0.2) is 0 Å². The molecule has 1 aromatic rings. The van der Waals surface area contributed by atoms with Crippen LogP contribution >= 0.6 is 28.3 Å². The first-order valence-corrected chi connectivity index (χ1v) is 8.77. The Morgan fingerprint density at radius 3 is 2.39 bits per heavy atom. The van der Waals surface area contributed by atoms with Crippen molar-refractivity contribution in [2.45, 2.75) is 45.3 Å². The normalized spacial score (nSPS) is 17.6. The molecule has 1 atom stereocenters. The van der Waals surface area contributed by atoms with E-state index in [9.17, 15) is 4.79 Å². The first-order valence-electron chi connectivity index (χ1n) is 7.98. The highest BCUT2D eigenvalue weighted by molar-refractivity contribution is 9.10. The van der Waals surface area contributed by atoms with Gasteiger partial charge in [0, 0.05) is 30.1 Å². The summed E-state index contributed by atoms with van der Waals surface area (Å²) in [6.07, 6.45) is 1.99. The minimum absolute atomic E-state index is 0. The van der Waals surface area contributed by atoms with E-state index in [2.05, 4.69) is 50.4 Å². The standard InChI is InChI=1S/C17H26BrN3O.ClH/c1-12(2)16(19)17(22)20-15-7-9-21(10-8-15)11-13-3-5-14(18)6-4-13;/h3-6,12,15-16H,7-11,19H2,1-2H3,(H,20,22);1H/t16-;/m0./s1. The zero-order chi connectivity index (χ0) is 16.1. The number of amides is 1. The van der Waals surface area contributed by atoms with Gasteiger partial charge in [-0.15, -0.1) is 12.4 Å². The Balaban J connectivity index is 0.00000264. The molecule has 4 nitrogen and oxygen atoms in total. The Kier molecular flexibility index (Phi) is 8.54. The van der Waals surface area contributed by atoms with Crippen molar-refractivity contribution in [3.63, 3.8) is 0 Å². The fraction of sp³-hybridized carbons (Fsp3) is 0.588. The Hall–Kier alpha value is -0.620. The first kappa shape index (κ1) is 20.4. The number of hydrogen-bond acceptors (Lipinski definition) is 3. The van der Waals surface area contributed by atoms with E-state index in [1.807, 2.05) is 13.8 Å². The van der Waals surface area contributed by atoms with Gasteiger partial charge in [-0.1, -0.05) is 41.9 Å². The number of nitrogens with zero attached hydrogens (tertiary/aromatic N) is 1. The Labute approximate surface area is 153 Å². The van der Waals surface area contributed by atoms with Crippen molar-refractivity contribution in [3.05, 3.63) is 34.3 Å². The molecule has 6 heteroatoms. The average Bonchev–Trinajstić information content (AvgIpc) is 2.50. The van der Waals surface area contributed by atoms with Gasteiger partial charge in [-0.3, -0.25) is 9.69 Å². The van der Waals surface area contributed by atoms with Gasteiger partial charge in [0.2, 0.25) is 5.91 Å². The molecule has 130 valence electrons. The third kappa shape index (κ3) is 6.42. The Morgan fingerprint density at radius 1 is 1.30 bits per heavy atom. The van der Waals surface area contributed by atoms with E-state index in [4.69, 9.17) is 5.73 Å². The summed E-state index contributed by atoms with van der Waals surface area (Å²) in [6, 6.07) is 8.32. The van der Waals surface area contributed by atoms with Gasteiger partial charge < -0.3 is 11.1 Å². The lowest BCUT2D eigenvalue weighted by atomic mass is 10.0. The molecule has 1 aromatic carbocycles. The van der Waals surface area contributed by atoms with Gasteiger partial charge in [-0.2, -0.15) is 0 Å². The SMILES string of the molecule is CC(C)[C@H](N)C(=O)NC1CCN(Cc2ccc(Br)cc2)CC1.Cl. The van der Waals surface area contributed by atoms with Gasteiger partial charge in [-0.05, 0) is 36.5 Å². The van der Waals surface area contributed by atoms with Crippen molar-refractivity contribution in [3.8, 4) is 0 Å². The molecule has 0 spiro atoms. The number of carbonyl (C=O) groups is 1. The van der Waals surface area contributed by atoms with E-state index < -0.39 is 6.04 Å². The highest BCUT2D eigenvalue weighted by Gasteiger charge is 2.24. The second-order valence-electron chi connectivity index (χ2n) is 6.46. The summed E-state index contributed by atoms with van der Waals surface area (Å²) in [6.45, 7) is 6.95. The number of likely N-dealkylation sites (tertiary alicyclic amines) is 1. The number of rotatable bonds is 5. The fourth-order valence-corrected chi connectivity index (χ4v) is 2.95. The van der Waals surface area contributed by atoms with Crippen LogP contribution in [0.1, 0.15) is 32.3 Å². The quantitative estimate of drug-likeness (QED) is 0.793. The zero-order valence-corrected chi connectivity index (χ0v) is 16.2. The van der Waals surface area contributed by atoms with E-state index in [-0.39, 0.29) is 30.3 Å². The summed E-state index contributed by atoms with van der Waals surface area (Å²) in [5.41, 5.74) is 7.22. The minimum atomic E-state index is -0.402. The third-order valence-corrected chi connectivity index (χ3v) is 4.80. The van der Waals surface area contributed by atoms with Crippen LogP contribution in [0.2, 0.25) is 0 Å². The van der Waals surface area contributed by atoms with Crippen molar-refractivity contribution in [2.24, 2.45) is 11.7 Å². The molecular weight excluding hydrogens is 378 g/mol. The molecule has 0 radical (unpaired) electrons. The van der Waals surface area contributed by atoms with Crippen LogP contribution in [0.25, 0.3) is 0 Å². The Bertz CT molecular complexity index is 487. The van der Waals surface area contributed by atoms with Gasteiger partial charge in [0.1, 0.15) is 0 Å². The number of nitrogens with two attached hydrogens (primary N) is 1. The van der Waals surface area contributed by atoms with Crippen LogP contribution in [0.5, 0.6) is 0 Å². The van der Waals surface area contributed by atoms with Crippen LogP contribution in [0, 0.1) is 5.92 Å². The number of nitrogens with one attached hydrogen (secondary N) is 1. The van der Waals surface area contributed by atoms with Crippen LogP contribution in [0.4, 0.5) is 0 Å². The van der Waals surface area contributed by atoms with Crippen molar-refractivity contribution in [1.82, 2.24) is 10.2 Å². The second kappa shape index (κ2) is 9.62. The number of halogens is 2. The van der Waals surface area contributed by atoms with Crippen LogP contribution < -0.4 is 11.1 Å². The second-order valence-corrected chi connectivity index (χ2v) is 7.37. The molecule has 23 heavy (non-hydrogen) atoms. The molecule has 0 saturated carbocycles. The van der Waals surface area contributed by atoms with Gasteiger partial charge >= 0.3 is 0 Å². The predicted molar refractivity (Wildman–Crippen MR) is 101 cm³/mol. The van der Waals surface area contributed by atoms with E-state index in [0.29, 0.717) is 0 Å². The summed E-state index contributed by atoms with van der Waals surface area (Å²) in [7, 11) is 0. The topological polar surface area (TPSA) is 58.4 Å². The highest BCUT2D eigenvalue weighted by Crippen LogP contribution is 2.16. The maximum absolute atomic E-state index is 12.0. The van der Waals surface area contributed by atoms with E-state index in [1.54, 1.807) is 0 Å². The van der Waals surface area contributed by atoms with Crippen LogP contribution in [0.15, 0.2) is 28.7 Å². The lowest BCUT2D eigenvalue weighted by molar-refractivity contribution is -0.124. The van der Waals surface area contributed by atoms with Crippen LogP contribution in [0.3, 0.4) is 0 Å². The first-order chi connectivity index (χ1) is 10.5. The largest absolute Gasteiger partial charge is 0.352 e. The molecule has 2 rings (SSSR count).